The number of halogens is 1. The van der Waals surface area contributed by atoms with Gasteiger partial charge in [0.1, 0.15) is 11.6 Å². The predicted octanol–water partition coefficient (Wildman–Crippen LogP) is 2.92. The van der Waals surface area contributed by atoms with Gasteiger partial charge >= 0.3 is 0 Å². The Bertz CT molecular complexity index is 586. The van der Waals surface area contributed by atoms with Gasteiger partial charge in [0.25, 0.3) is 0 Å². The fourth-order valence-corrected chi connectivity index (χ4v) is 2.41. The van der Waals surface area contributed by atoms with E-state index in [1.807, 2.05) is 19.2 Å². The van der Waals surface area contributed by atoms with E-state index in [9.17, 15) is 9.50 Å². The molecule has 1 unspecified atom stereocenters. The SMILES string of the molecule is C#CCN(CCN1C=CC=C(O)C1C)Cc1ccc(F)cc1. The molecule has 0 amide bonds. The molecule has 0 aromatic heterocycles. The van der Waals surface area contributed by atoms with Gasteiger partial charge in [0.05, 0.1) is 12.6 Å². The molecule has 0 radical (unpaired) electrons. The lowest BCUT2D eigenvalue weighted by Crippen LogP contribution is -2.38. The number of aliphatic hydroxyl groups is 1. The first-order chi connectivity index (χ1) is 10.6. The van der Waals surface area contributed by atoms with Crippen LogP contribution in [0, 0.1) is 18.2 Å². The molecule has 1 aromatic carbocycles. The molecule has 0 saturated heterocycles. The van der Waals surface area contributed by atoms with Crippen molar-refractivity contribution < 1.29 is 9.50 Å². The molecule has 2 rings (SSSR count). The highest BCUT2D eigenvalue weighted by Gasteiger charge is 2.17. The van der Waals surface area contributed by atoms with Crippen LogP contribution in [0.1, 0.15) is 12.5 Å². The number of terminal acetylenes is 1. The maximum absolute atomic E-state index is 13.0. The Hall–Kier alpha value is -2.25. The molecule has 1 aliphatic heterocycles. The summed E-state index contributed by atoms with van der Waals surface area (Å²) in [6, 6.07) is 6.44. The van der Waals surface area contributed by atoms with E-state index in [-0.39, 0.29) is 11.9 Å². The summed E-state index contributed by atoms with van der Waals surface area (Å²) in [4.78, 5) is 4.20. The minimum Gasteiger partial charge on any atom is -0.510 e. The Morgan fingerprint density at radius 2 is 2.09 bits per heavy atom. The van der Waals surface area contributed by atoms with Crippen LogP contribution in [-0.4, -0.2) is 40.6 Å². The molecule has 0 spiro atoms. The smallest absolute Gasteiger partial charge is 0.123 e. The zero-order valence-corrected chi connectivity index (χ0v) is 12.7. The first kappa shape index (κ1) is 16.1. The van der Waals surface area contributed by atoms with Crippen LogP contribution in [0.4, 0.5) is 4.39 Å². The van der Waals surface area contributed by atoms with Gasteiger partial charge in [-0.1, -0.05) is 18.1 Å². The standard InChI is InChI=1S/C18H21FN2O/c1-3-10-20(14-16-6-8-17(19)9-7-16)12-13-21-11-4-5-18(22)15(21)2/h1,4-9,11,15,22H,10,12-14H2,2H3. The third-order valence-corrected chi connectivity index (χ3v) is 3.78. The summed E-state index contributed by atoms with van der Waals surface area (Å²) in [6.07, 6.45) is 10.9. The van der Waals surface area contributed by atoms with E-state index < -0.39 is 0 Å². The van der Waals surface area contributed by atoms with Crippen LogP contribution in [0.5, 0.6) is 0 Å². The minimum atomic E-state index is -0.234. The zero-order chi connectivity index (χ0) is 15.9. The molecule has 0 aliphatic carbocycles. The van der Waals surface area contributed by atoms with Crippen molar-refractivity contribution in [3.63, 3.8) is 0 Å². The highest BCUT2D eigenvalue weighted by atomic mass is 19.1. The topological polar surface area (TPSA) is 26.7 Å². The van der Waals surface area contributed by atoms with Crippen LogP contribution in [0.25, 0.3) is 0 Å². The van der Waals surface area contributed by atoms with Crippen LogP contribution >= 0.6 is 0 Å². The molecule has 1 heterocycles. The molecule has 0 bridgehead atoms. The zero-order valence-electron chi connectivity index (χ0n) is 12.7. The molecule has 1 N–H and O–H groups in total. The highest BCUT2D eigenvalue weighted by Crippen LogP contribution is 2.14. The number of nitrogens with zero attached hydrogens (tertiary/aromatic N) is 2. The van der Waals surface area contributed by atoms with Gasteiger partial charge < -0.3 is 10.0 Å². The third-order valence-electron chi connectivity index (χ3n) is 3.78. The summed E-state index contributed by atoms with van der Waals surface area (Å²) in [5.41, 5.74) is 1.03. The fourth-order valence-electron chi connectivity index (χ4n) is 2.41. The molecule has 4 heteroatoms. The lowest BCUT2D eigenvalue weighted by atomic mass is 10.1. The van der Waals surface area contributed by atoms with Gasteiger partial charge in [0.15, 0.2) is 0 Å². The highest BCUT2D eigenvalue weighted by molar-refractivity contribution is 5.18. The van der Waals surface area contributed by atoms with Crippen molar-refractivity contribution in [2.75, 3.05) is 19.6 Å². The van der Waals surface area contributed by atoms with E-state index in [2.05, 4.69) is 15.7 Å². The number of aliphatic hydroxyl groups excluding tert-OH is 1. The summed E-state index contributed by atoms with van der Waals surface area (Å²) < 4.78 is 13.0. The lowest BCUT2D eigenvalue weighted by Gasteiger charge is -2.31. The fraction of sp³-hybridized carbons (Fsp3) is 0.333. The van der Waals surface area contributed by atoms with Crippen molar-refractivity contribution in [2.45, 2.75) is 19.5 Å². The summed E-state index contributed by atoms with van der Waals surface area (Å²) in [5, 5.41) is 9.76. The van der Waals surface area contributed by atoms with Crippen molar-refractivity contribution in [3.05, 3.63) is 59.8 Å². The van der Waals surface area contributed by atoms with Gasteiger partial charge in [-0.05, 0) is 43.0 Å². The second kappa shape index (κ2) is 7.67. The van der Waals surface area contributed by atoms with E-state index in [1.54, 1.807) is 18.2 Å². The van der Waals surface area contributed by atoms with Gasteiger partial charge in [0, 0.05) is 19.6 Å². The number of benzene rings is 1. The Balaban J connectivity index is 1.92. The quantitative estimate of drug-likeness (QED) is 0.818. The minimum absolute atomic E-state index is 0.0245. The van der Waals surface area contributed by atoms with Crippen molar-refractivity contribution in [1.82, 2.24) is 9.80 Å². The van der Waals surface area contributed by atoms with Crippen molar-refractivity contribution in [2.24, 2.45) is 0 Å². The summed E-state index contributed by atoms with van der Waals surface area (Å²) in [5.74, 6) is 2.79. The molecule has 0 fully saturated rings. The van der Waals surface area contributed by atoms with E-state index in [0.29, 0.717) is 18.8 Å². The lowest BCUT2D eigenvalue weighted by molar-refractivity contribution is 0.202. The number of rotatable bonds is 6. The van der Waals surface area contributed by atoms with Gasteiger partial charge in [-0.15, -0.1) is 6.42 Å². The van der Waals surface area contributed by atoms with E-state index >= 15 is 0 Å². The van der Waals surface area contributed by atoms with Gasteiger partial charge in [-0.2, -0.15) is 0 Å². The van der Waals surface area contributed by atoms with Crippen molar-refractivity contribution in [3.8, 4) is 12.3 Å². The Kier molecular flexibility index (Phi) is 5.62. The van der Waals surface area contributed by atoms with E-state index in [1.165, 1.54) is 12.1 Å². The average molecular weight is 300 g/mol. The predicted molar refractivity (Wildman–Crippen MR) is 86.5 cm³/mol. The molecule has 116 valence electrons. The summed E-state index contributed by atoms with van der Waals surface area (Å²) in [7, 11) is 0. The Morgan fingerprint density at radius 3 is 2.77 bits per heavy atom. The molecule has 1 atom stereocenters. The molecule has 22 heavy (non-hydrogen) atoms. The second-order valence-electron chi connectivity index (χ2n) is 5.39. The van der Waals surface area contributed by atoms with Crippen molar-refractivity contribution in [1.29, 1.82) is 0 Å². The average Bonchev–Trinajstić information content (AvgIpc) is 2.51. The van der Waals surface area contributed by atoms with Gasteiger partial charge in [-0.25, -0.2) is 4.39 Å². The monoisotopic (exact) mass is 300 g/mol. The van der Waals surface area contributed by atoms with Crippen LogP contribution in [-0.2, 0) is 6.54 Å². The first-order valence-electron chi connectivity index (χ1n) is 7.33. The van der Waals surface area contributed by atoms with Crippen LogP contribution < -0.4 is 0 Å². The van der Waals surface area contributed by atoms with Crippen LogP contribution in [0.15, 0.2) is 48.4 Å². The number of hydrogen-bond acceptors (Lipinski definition) is 3. The molecule has 1 aliphatic rings. The van der Waals surface area contributed by atoms with Gasteiger partial charge in [-0.3, -0.25) is 4.90 Å². The molecule has 3 nitrogen and oxygen atoms in total. The Labute approximate surface area is 131 Å². The molecule has 1 aromatic rings. The molecular formula is C18H21FN2O. The number of allylic oxidation sites excluding steroid dienone is 2. The van der Waals surface area contributed by atoms with Crippen molar-refractivity contribution >= 4 is 0 Å². The van der Waals surface area contributed by atoms with Crippen LogP contribution in [0.3, 0.4) is 0 Å². The second-order valence-corrected chi connectivity index (χ2v) is 5.39. The maximum atomic E-state index is 13.0. The summed E-state index contributed by atoms with van der Waals surface area (Å²) >= 11 is 0. The van der Waals surface area contributed by atoms with Gasteiger partial charge in [0.2, 0.25) is 0 Å². The maximum Gasteiger partial charge on any atom is 0.123 e. The van der Waals surface area contributed by atoms with E-state index in [0.717, 1.165) is 18.7 Å². The van der Waals surface area contributed by atoms with Crippen LogP contribution in [0.2, 0.25) is 0 Å². The molecular weight excluding hydrogens is 279 g/mol. The summed E-state index contributed by atoms with van der Waals surface area (Å²) in [6.45, 7) is 4.70. The Morgan fingerprint density at radius 1 is 1.36 bits per heavy atom. The third kappa shape index (κ3) is 4.37. The first-order valence-corrected chi connectivity index (χ1v) is 7.33. The van der Waals surface area contributed by atoms with E-state index in [4.69, 9.17) is 6.42 Å². The largest absolute Gasteiger partial charge is 0.510 e. The normalized spacial score (nSPS) is 17.5. The molecule has 0 saturated carbocycles. The number of hydrogen-bond donors (Lipinski definition) is 1.